The lowest BCUT2D eigenvalue weighted by Crippen LogP contribution is -2.16. The molecule has 0 aliphatic heterocycles. The van der Waals surface area contributed by atoms with E-state index < -0.39 is 0 Å². The Bertz CT molecular complexity index is 2780. The zero-order chi connectivity index (χ0) is 33.4. The summed E-state index contributed by atoms with van der Waals surface area (Å²) < 4.78 is 6.78. The molecular formula is C48H33NO. The Balaban J connectivity index is 1.16. The van der Waals surface area contributed by atoms with Crippen LogP contribution in [0.1, 0.15) is 5.56 Å². The Kier molecular flexibility index (Phi) is 7.33. The molecule has 0 bridgehead atoms. The van der Waals surface area contributed by atoms with Gasteiger partial charge in [-0.25, -0.2) is 0 Å². The van der Waals surface area contributed by atoms with Gasteiger partial charge in [-0.15, -0.1) is 0 Å². The van der Waals surface area contributed by atoms with Gasteiger partial charge in [0.25, 0.3) is 0 Å². The normalized spacial score (nSPS) is 12.1. The van der Waals surface area contributed by atoms with E-state index in [0.29, 0.717) is 0 Å². The molecule has 9 aromatic rings. The van der Waals surface area contributed by atoms with E-state index in [4.69, 9.17) is 4.42 Å². The second kappa shape index (κ2) is 12.4. The number of hydrogen-bond acceptors (Lipinski definition) is 2. The van der Waals surface area contributed by atoms with Gasteiger partial charge in [0.15, 0.2) is 0 Å². The average Bonchev–Trinajstić information content (AvgIpc) is 3.57. The van der Waals surface area contributed by atoms with E-state index in [9.17, 15) is 0 Å². The molecule has 0 amide bonds. The first kappa shape index (κ1) is 29.5. The molecule has 0 spiro atoms. The molecule has 1 aromatic heterocycles. The Morgan fingerprint density at radius 1 is 0.500 bits per heavy atom. The van der Waals surface area contributed by atoms with Crippen molar-refractivity contribution in [1.82, 2.24) is 0 Å². The summed E-state index contributed by atoms with van der Waals surface area (Å²) in [7, 11) is 0. The molecule has 0 aliphatic carbocycles. The number of anilines is 2. The fourth-order valence-electron chi connectivity index (χ4n) is 7.27. The number of allylic oxidation sites excluding steroid dienone is 3. The summed E-state index contributed by atoms with van der Waals surface area (Å²) >= 11 is 0. The average molecular weight is 640 g/mol. The van der Waals surface area contributed by atoms with Gasteiger partial charge in [0.1, 0.15) is 11.2 Å². The van der Waals surface area contributed by atoms with Gasteiger partial charge in [0, 0.05) is 38.7 Å². The van der Waals surface area contributed by atoms with Crippen molar-refractivity contribution in [2.45, 2.75) is 0 Å². The van der Waals surface area contributed by atoms with Crippen LogP contribution in [-0.4, -0.2) is 0 Å². The van der Waals surface area contributed by atoms with Crippen LogP contribution in [0, 0.1) is 0 Å². The molecule has 1 heterocycles. The number of hydrogen-bond donors (Lipinski definition) is 0. The van der Waals surface area contributed by atoms with Crippen LogP contribution in [0.3, 0.4) is 0 Å². The topological polar surface area (TPSA) is 16.4 Å². The Morgan fingerprint density at radius 2 is 1.12 bits per heavy atom. The highest BCUT2D eigenvalue weighted by Crippen LogP contribution is 2.43. The number of para-hydroxylation sites is 3. The summed E-state index contributed by atoms with van der Waals surface area (Å²) in [5.74, 6) is 0. The SMILES string of the molecule is C=C/C(=C\C=C\c1ccc2c(ccc3ccccc32)c1)N(c1ccccc1)c1ccccc1-c1cccc2c1oc1c3ccccc3ccc21. The van der Waals surface area contributed by atoms with Gasteiger partial charge >= 0.3 is 0 Å². The first-order valence-electron chi connectivity index (χ1n) is 17.0. The molecule has 2 nitrogen and oxygen atoms in total. The van der Waals surface area contributed by atoms with E-state index in [1.807, 2.05) is 12.1 Å². The van der Waals surface area contributed by atoms with E-state index in [1.165, 1.54) is 26.9 Å². The standard InChI is InChI=1S/C48H33NO/c1-2-37(19-12-14-33-26-30-40-36(32-33)28-27-34-15-6-8-20-39(34)40)49(38-17-4-3-5-18-38)46-25-11-10-22-42(46)43-23-13-24-44-45-31-29-35-16-7-9-21-41(35)47(45)50-48(43)44/h2-32H,1H2/b14-12+,37-19+. The van der Waals surface area contributed by atoms with Gasteiger partial charge in [0.2, 0.25) is 0 Å². The third-order valence-electron chi connectivity index (χ3n) is 9.63. The number of furan rings is 1. The van der Waals surface area contributed by atoms with Crippen molar-refractivity contribution in [2.75, 3.05) is 4.90 Å². The van der Waals surface area contributed by atoms with Gasteiger partial charge in [0.05, 0.1) is 5.69 Å². The molecule has 9 rings (SSSR count). The van der Waals surface area contributed by atoms with Crippen LogP contribution in [0.2, 0.25) is 0 Å². The fraction of sp³-hybridized carbons (Fsp3) is 0. The molecule has 50 heavy (non-hydrogen) atoms. The van der Waals surface area contributed by atoms with Crippen LogP contribution in [0.4, 0.5) is 11.4 Å². The maximum Gasteiger partial charge on any atom is 0.143 e. The van der Waals surface area contributed by atoms with Crippen LogP contribution < -0.4 is 4.90 Å². The Labute approximate surface area is 291 Å². The molecule has 0 radical (unpaired) electrons. The predicted octanol–water partition coefficient (Wildman–Crippen LogP) is 13.6. The van der Waals surface area contributed by atoms with Crippen LogP contribution >= 0.6 is 0 Å². The zero-order valence-corrected chi connectivity index (χ0v) is 27.5. The first-order valence-corrected chi connectivity index (χ1v) is 17.0. The van der Waals surface area contributed by atoms with Crippen molar-refractivity contribution in [3.8, 4) is 11.1 Å². The maximum absolute atomic E-state index is 6.78. The first-order chi connectivity index (χ1) is 24.8. The van der Waals surface area contributed by atoms with E-state index in [2.05, 4.69) is 187 Å². The minimum Gasteiger partial charge on any atom is -0.455 e. The lowest BCUT2D eigenvalue weighted by atomic mass is 9.98. The Morgan fingerprint density at radius 3 is 1.98 bits per heavy atom. The fourth-order valence-corrected chi connectivity index (χ4v) is 7.27. The molecule has 0 aliphatic rings. The van der Waals surface area contributed by atoms with Crippen LogP contribution in [0.25, 0.3) is 71.5 Å². The van der Waals surface area contributed by atoms with Gasteiger partial charge in [-0.3, -0.25) is 0 Å². The molecule has 0 N–H and O–H groups in total. The summed E-state index contributed by atoms with van der Waals surface area (Å²) in [5.41, 5.74) is 8.09. The molecule has 8 aromatic carbocycles. The number of nitrogens with zero attached hydrogens (tertiary/aromatic N) is 1. The molecular weight excluding hydrogens is 607 g/mol. The van der Waals surface area contributed by atoms with Gasteiger partial charge in [-0.05, 0) is 75.0 Å². The lowest BCUT2D eigenvalue weighted by Gasteiger charge is -2.28. The highest BCUT2D eigenvalue weighted by atomic mass is 16.3. The Hall–Kier alpha value is -6.64. The molecule has 0 atom stereocenters. The molecule has 0 fully saturated rings. The lowest BCUT2D eigenvalue weighted by molar-refractivity contribution is 0.674. The van der Waals surface area contributed by atoms with Crippen LogP contribution in [-0.2, 0) is 0 Å². The summed E-state index contributed by atoms with van der Waals surface area (Å²) in [6.07, 6.45) is 8.33. The van der Waals surface area contributed by atoms with Crippen molar-refractivity contribution in [1.29, 1.82) is 0 Å². The van der Waals surface area contributed by atoms with Crippen molar-refractivity contribution in [3.05, 3.63) is 200 Å². The highest BCUT2D eigenvalue weighted by molar-refractivity contribution is 6.17. The monoisotopic (exact) mass is 639 g/mol. The summed E-state index contributed by atoms with van der Waals surface area (Å²) in [6.45, 7) is 4.28. The van der Waals surface area contributed by atoms with Crippen molar-refractivity contribution < 1.29 is 4.42 Å². The highest BCUT2D eigenvalue weighted by Gasteiger charge is 2.20. The molecule has 236 valence electrons. The number of benzene rings is 8. The second-order valence-corrected chi connectivity index (χ2v) is 12.6. The summed E-state index contributed by atoms with van der Waals surface area (Å²) in [4.78, 5) is 2.27. The van der Waals surface area contributed by atoms with E-state index >= 15 is 0 Å². The molecule has 0 saturated carbocycles. The minimum atomic E-state index is 0.882. The van der Waals surface area contributed by atoms with Crippen LogP contribution in [0.5, 0.6) is 0 Å². The molecule has 0 unspecified atom stereocenters. The van der Waals surface area contributed by atoms with Gasteiger partial charge < -0.3 is 9.32 Å². The molecule has 0 saturated heterocycles. The van der Waals surface area contributed by atoms with Crippen molar-refractivity contribution in [3.63, 3.8) is 0 Å². The van der Waals surface area contributed by atoms with Crippen molar-refractivity contribution in [2.24, 2.45) is 0 Å². The molecule has 2 heteroatoms. The third-order valence-corrected chi connectivity index (χ3v) is 9.63. The third kappa shape index (κ3) is 5.06. The maximum atomic E-state index is 6.78. The number of rotatable bonds is 7. The van der Waals surface area contributed by atoms with E-state index in [0.717, 1.165) is 61.1 Å². The predicted molar refractivity (Wildman–Crippen MR) is 214 cm³/mol. The van der Waals surface area contributed by atoms with Gasteiger partial charge in [-0.1, -0.05) is 152 Å². The summed E-state index contributed by atoms with van der Waals surface area (Å²) in [6, 6.07) is 57.9. The largest absolute Gasteiger partial charge is 0.455 e. The van der Waals surface area contributed by atoms with Gasteiger partial charge in [-0.2, -0.15) is 0 Å². The zero-order valence-electron chi connectivity index (χ0n) is 27.5. The summed E-state index contributed by atoms with van der Waals surface area (Å²) in [5, 5.41) is 9.55. The second-order valence-electron chi connectivity index (χ2n) is 12.6. The van der Waals surface area contributed by atoms with E-state index in [-0.39, 0.29) is 0 Å². The van der Waals surface area contributed by atoms with E-state index in [1.54, 1.807) is 0 Å². The quantitative estimate of drug-likeness (QED) is 0.127. The van der Waals surface area contributed by atoms with Crippen LogP contribution in [0.15, 0.2) is 199 Å². The minimum absolute atomic E-state index is 0.882. The van der Waals surface area contributed by atoms with Crippen molar-refractivity contribution >= 4 is 71.7 Å². The number of fused-ring (bicyclic) bond motifs is 8. The smallest absolute Gasteiger partial charge is 0.143 e.